The Hall–Kier alpha value is -0.0431. The summed E-state index contributed by atoms with van der Waals surface area (Å²) < 4.78 is 0. The van der Waals surface area contributed by atoms with Crippen LogP contribution in [0.25, 0.3) is 0 Å². The molecule has 0 saturated heterocycles. The summed E-state index contributed by atoms with van der Waals surface area (Å²) in [5, 5.41) is 1.79. The van der Waals surface area contributed by atoms with Crippen molar-refractivity contribution in [3.8, 4) is 0 Å². The highest BCUT2D eigenvalue weighted by Gasteiger charge is 2.34. The molecule has 12 heavy (non-hydrogen) atoms. The molecule has 0 aromatic carbocycles. The first-order valence-electron chi connectivity index (χ1n) is 5.05. The molecule has 0 radical (unpaired) electrons. The van der Waals surface area contributed by atoms with Gasteiger partial charge in [0.15, 0.2) is 0 Å². The highest BCUT2D eigenvalue weighted by Crippen LogP contribution is 2.39. The van der Waals surface area contributed by atoms with Crippen LogP contribution in [0, 0.1) is 5.41 Å². The van der Waals surface area contributed by atoms with Gasteiger partial charge in [0.25, 0.3) is 0 Å². The predicted molar refractivity (Wildman–Crippen MR) is 59.1 cm³/mol. The molecular formula is C11H22Si. The van der Waals surface area contributed by atoms with Crippen molar-refractivity contribution >= 4 is 8.07 Å². The van der Waals surface area contributed by atoms with Crippen LogP contribution in [-0.4, -0.2) is 8.07 Å². The molecule has 0 aliphatic carbocycles. The quantitative estimate of drug-likeness (QED) is 0.497. The largest absolute Gasteiger partial charge is 0.0887 e. The van der Waals surface area contributed by atoms with Crippen molar-refractivity contribution in [1.82, 2.24) is 0 Å². The summed E-state index contributed by atoms with van der Waals surface area (Å²) in [4.78, 5) is 0. The summed E-state index contributed by atoms with van der Waals surface area (Å²) in [6.45, 7) is 12.1. The minimum Gasteiger partial charge on any atom is -0.0887 e. The average Bonchev–Trinajstić information content (AvgIpc) is 1.83. The third-order valence-electron chi connectivity index (χ3n) is 2.89. The lowest BCUT2D eigenvalue weighted by molar-refractivity contribution is 0.518. The zero-order valence-electron chi connectivity index (χ0n) is 9.20. The third kappa shape index (κ3) is 2.01. The van der Waals surface area contributed by atoms with Crippen LogP contribution in [0.5, 0.6) is 0 Å². The molecule has 70 valence electrons. The van der Waals surface area contributed by atoms with Crippen molar-refractivity contribution < 1.29 is 0 Å². The Morgan fingerprint density at radius 3 is 2.17 bits per heavy atom. The van der Waals surface area contributed by atoms with Crippen molar-refractivity contribution in [2.45, 2.75) is 52.8 Å². The standard InChI is InChI=1S/C11H22Si/c1-11(2,3)10-8-6-7-9-12(10,4)5/h8H,6-7,9H2,1-5H3. The first-order valence-corrected chi connectivity index (χ1v) is 8.26. The molecular weight excluding hydrogens is 160 g/mol. The Morgan fingerprint density at radius 1 is 1.25 bits per heavy atom. The Morgan fingerprint density at radius 2 is 1.83 bits per heavy atom. The van der Waals surface area contributed by atoms with Crippen molar-refractivity contribution in [2.24, 2.45) is 5.41 Å². The minimum atomic E-state index is -0.994. The molecule has 1 rings (SSSR count). The van der Waals surface area contributed by atoms with Gasteiger partial charge in [0.2, 0.25) is 0 Å². The van der Waals surface area contributed by atoms with Gasteiger partial charge in [-0.25, -0.2) is 0 Å². The number of rotatable bonds is 0. The van der Waals surface area contributed by atoms with Gasteiger partial charge in [-0.2, -0.15) is 0 Å². The first kappa shape index (κ1) is 10.0. The molecule has 0 bridgehead atoms. The average molecular weight is 182 g/mol. The van der Waals surface area contributed by atoms with Crippen LogP contribution in [0.1, 0.15) is 33.6 Å². The molecule has 0 amide bonds. The SMILES string of the molecule is CC(C)(C)C1=CCCC[Si]1(C)C. The second-order valence-electron chi connectivity index (χ2n) is 5.64. The fraction of sp³-hybridized carbons (Fsp3) is 0.818. The lowest BCUT2D eigenvalue weighted by atomic mass is 9.95. The highest BCUT2D eigenvalue weighted by molar-refractivity contribution is 6.84. The van der Waals surface area contributed by atoms with E-state index in [2.05, 4.69) is 39.9 Å². The number of allylic oxidation sites excluding steroid dienone is 2. The maximum Gasteiger partial charge on any atom is 0.0757 e. The molecule has 1 heteroatoms. The van der Waals surface area contributed by atoms with Gasteiger partial charge in [-0.05, 0) is 11.8 Å². The maximum absolute atomic E-state index is 2.52. The van der Waals surface area contributed by atoms with Crippen LogP contribution in [0.3, 0.4) is 0 Å². The second kappa shape index (κ2) is 3.02. The van der Waals surface area contributed by atoms with Gasteiger partial charge in [0, 0.05) is 0 Å². The smallest absolute Gasteiger partial charge is 0.0757 e. The molecule has 0 atom stereocenters. The third-order valence-corrected chi connectivity index (χ3v) is 6.91. The molecule has 0 nitrogen and oxygen atoms in total. The molecule has 0 N–H and O–H groups in total. The molecule has 0 aromatic rings. The second-order valence-corrected chi connectivity index (χ2v) is 10.5. The van der Waals surface area contributed by atoms with Crippen LogP contribution in [0.4, 0.5) is 0 Å². The van der Waals surface area contributed by atoms with Crippen molar-refractivity contribution in [2.75, 3.05) is 0 Å². The summed E-state index contributed by atoms with van der Waals surface area (Å²) in [5.74, 6) is 0. The number of hydrogen-bond acceptors (Lipinski definition) is 0. The monoisotopic (exact) mass is 182 g/mol. The number of hydrogen-bond donors (Lipinski definition) is 0. The van der Waals surface area contributed by atoms with E-state index in [-0.39, 0.29) is 0 Å². The fourth-order valence-electron chi connectivity index (χ4n) is 2.52. The molecule has 0 aromatic heterocycles. The Bertz CT molecular complexity index is 194. The van der Waals surface area contributed by atoms with Gasteiger partial charge in [0.1, 0.15) is 0 Å². The first-order chi connectivity index (χ1) is 5.34. The van der Waals surface area contributed by atoms with E-state index in [1.807, 2.05) is 0 Å². The molecule has 0 fully saturated rings. The van der Waals surface area contributed by atoms with E-state index in [1.54, 1.807) is 5.20 Å². The van der Waals surface area contributed by atoms with E-state index in [0.717, 1.165) is 0 Å². The zero-order chi connectivity index (χ0) is 9.41. The lowest BCUT2D eigenvalue weighted by Gasteiger charge is -2.38. The van der Waals surface area contributed by atoms with Gasteiger partial charge in [-0.15, -0.1) is 0 Å². The summed E-state index contributed by atoms with van der Waals surface area (Å²) >= 11 is 0. The van der Waals surface area contributed by atoms with E-state index < -0.39 is 8.07 Å². The van der Waals surface area contributed by atoms with Crippen LogP contribution in [-0.2, 0) is 0 Å². The van der Waals surface area contributed by atoms with Gasteiger partial charge >= 0.3 is 0 Å². The van der Waals surface area contributed by atoms with E-state index in [4.69, 9.17) is 0 Å². The van der Waals surface area contributed by atoms with Gasteiger partial charge in [-0.3, -0.25) is 0 Å². The molecule has 1 aliphatic heterocycles. The van der Waals surface area contributed by atoms with E-state index in [1.165, 1.54) is 18.9 Å². The lowest BCUT2D eigenvalue weighted by Crippen LogP contribution is -2.37. The molecule has 0 saturated carbocycles. The van der Waals surface area contributed by atoms with Gasteiger partial charge in [-0.1, -0.05) is 57.6 Å². The van der Waals surface area contributed by atoms with Gasteiger partial charge in [0.05, 0.1) is 8.07 Å². The van der Waals surface area contributed by atoms with Crippen molar-refractivity contribution in [3.63, 3.8) is 0 Å². The van der Waals surface area contributed by atoms with Gasteiger partial charge < -0.3 is 0 Å². The highest BCUT2D eigenvalue weighted by atomic mass is 28.3. The normalized spacial score (nSPS) is 23.6. The Kier molecular flexibility index (Phi) is 2.53. The summed E-state index contributed by atoms with van der Waals surface area (Å²) in [6, 6.07) is 1.50. The fourth-order valence-corrected chi connectivity index (χ4v) is 6.61. The summed E-state index contributed by atoms with van der Waals surface area (Å²) in [6.07, 6.45) is 5.28. The topological polar surface area (TPSA) is 0 Å². The molecule has 1 heterocycles. The van der Waals surface area contributed by atoms with E-state index >= 15 is 0 Å². The van der Waals surface area contributed by atoms with Crippen LogP contribution in [0.15, 0.2) is 11.3 Å². The molecule has 0 unspecified atom stereocenters. The van der Waals surface area contributed by atoms with E-state index in [0.29, 0.717) is 5.41 Å². The van der Waals surface area contributed by atoms with Crippen molar-refractivity contribution in [1.29, 1.82) is 0 Å². The zero-order valence-corrected chi connectivity index (χ0v) is 10.2. The van der Waals surface area contributed by atoms with Crippen LogP contribution >= 0.6 is 0 Å². The molecule has 1 aliphatic rings. The summed E-state index contributed by atoms with van der Waals surface area (Å²) in [5.41, 5.74) is 0.427. The maximum atomic E-state index is 2.52. The van der Waals surface area contributed by atoms with Crippen LogP contribution < -0.4 is 0 Å². The van der Waals surface area contributed by atoms with E-state index in [9.17, 15) is 0 Å². The molecule has 0 spiro atoms. The van der Waals surface area contributed by atoms with Crippen molar-refractivity contribution in [3.05, 3.63) is 11.3 Å². The summed E-state index contributed by atoms with van der Waals surface area (Å²) in [7, 11) is -0.994. The minimum absolute atomic E-state index is 0.427. The Balaban J connectivity index is 2.94. The van der Waals surface area contributed by atoms with Crippen LogP contribution in [0.2, 0.25) is 19.1 Å². The Labute approximate surface area is 78.1 Å². The predicted octanol–water partition coefficient (Wildman–Crippen LogP) is 4.00.